The molecule has 0 aromatic rings. The van der Waals surface area contributed by atoms with Gasteiger partial charge in [0.15, 0.2) is 0 Å². The molecule has 0 N–H and O–H groups in total. The number of likely N-dealkylation sites (tertiary alicyclic amines) is 1. The van der Waals surface area contributed by atoms with E-state index in [0.717, 1.165) is 45.1 Å². The average Bonchev–Trinajstić information content (AvgIpc) is 2.35. The van der Waals surface area contributed by atoms with Crippen LogP contribution in [-0.4, -0.2) is 30.3 Å². The first-order valence-corrected chi connectivity index (χ1v) is 6.70. The number of hydrogen-bond donors (Lipinski definition) is 0. The summed E-state index contributed by atoms with van der Waals surface area (Å²) in [6, 6.07) is 2.48. The zero-order valence-corrected chi connectivity index (χ0v) is 11.1. The van der Waals surface area contributed by atoms with Crippen molar-refractivity contribution in [3.63, 3.8) is 0 Å². The highest BCUT2D eigenvalue weighted by Gasteiger charge is 2.21. The van der Waals surface area contributed by atoms with Crippen LogP contribution in [0.15, 0.2) is 0 Å². The Balaban J connectivity index is 2.21. The molecule has 1 unspecified atom stereocenters. The van der Waals surface area contributed by atoms with Crippen LogP contribution in [0.25, 0.3) is 0 Å². The second-order valence-electron chi connectivity index (χ2n) is 5.69. The lowest BCUT2D eigenvalue weighted by molar-refractivity contribution is -0.113. The SMILES string of the molecule is CC(C)(C#N)CCCCN1CCCCC1C=O. The average molecular weight is 236 g/mol. The highest BCUT2D eigenvalue weighted by molar-refractivity contribution is 5.57. The summed E-state index contributed by atoms with van der Waals surface area (Å²) in [5.74, 6) is 0. The first-order chi connectivity index (χ1) is 8.09. The van der Waals surface area contributed by atoms with Gasteiger partial charge in [0.2, 0.25) is 0 Å². The molecule has 0 bridgehead atoms. The number of carbonyl (C=O) groups is 1. The van der Waals surface area contributed by atoms with Crippen molar-refractivity contribution in [2.24, 2.45) is 5.41 Å². The molecule has 96 valence electrons. The fourth-order valence-corrected chi connectivity index (χ4v) is 2.39. The lowest BCUT2D eigenvalue weighted by Crippen LogP contribution is -2.41. The molecule has 0 amide bonds. The molecule has 0 spiro atoms. The van der Waals surface area contributed by atoms with Crippen LogP contribution in [0.1, 0.15) is 52.4 Å². The largest absolute Gasteiger partial charge is 0.302 e. The Kier molecular flexibility index (Phi) is 5.64. The molecule has 1 rings (SSSR count). The van der Waals surface area contributed by atoms with Gasteiger partial charge in [-0.15, -0.1) is 0 Å². The highest BCUT2D eigenvalue weighted by atomic mass is 16.1. The van der Waals surface area contributed by atoms with E-state index in [-0.39, 0.29) is 11.5 Å². The van der Waals surface area contributed by atoms with Crippen molar-refractivity contribution in [2.75, 3.05) is 13.1 Å². The summed E-state index contributed by atoms with van der Waals surface area (Å²) < 4.78 is 0. The minimum absolute atomic E-state index is 0.146. The van der Waals surface area contributed by atoms with E-state index in [1.54, 1.807) is 0 Å². The van der Waals surface area contributed by atoms with Crippen molar-refractivity contribution in [1.29, 1.82) is 5.26 Å². The monoisotopic (exact) mass is 236 g/mol. The minimum atomic E-state index is -0.202. The summed E-state index contributed by atoms with van der Waals surface area (Å²) in [4.78, 5) is 13.2. The summed E-state index contributed by atoms with van der Waals surface area (Å²) in [6.45, 7) is 6.04. The predicted molar refractivity (Wildman–Crippen MR) is 68.5 cm³/mol. The molecule has 0 aromatic heterocycles. The zero-order chi connectivity index (χ0) is 12.7. The molecular formula is C14H24N2O. The third-order valence-corrected chi connectivity index (χ3v) is 3.62. The standard InChI is InChI=1S/C14H24N2O/c1-14(2,12-15)8-4-6-10-16-9-5-3-7-13(16)11-17/h11,13H,3-10H2,1-2H3. The molecule has 0 radical (unpaired) electrons. The van der Waals surface area contributed by atoms with E-state index < -0.39 is 0 Å². The lowest BCUT2D eigenvalue weighted by Gasteiger charge is -2.32. The Morgan fingerprint density at radius 2 is 2.18 bits per heavy atom. The summed E-state index contributed by atoms with van der Waals surface area (Å²) in [5, 5.41) is 8.92. The molecule has 0 saturated carbocycles. The van der Waals surface area contributed by atoms with Crippen LogP contribution in [0.3, 0.4) is 0 Å². The second-order valence-corrected chi connectivity index (χ2v) is 5.69. The van der Waals surface area contributed by atoms with Gasteiger partial charge < -0.3 is 4.79 Å². The molecular weight excluding hydrogens is 212 g/mol. The van der Waals surface area contributed by atoms with Crippen LogP contribution in [0, 0.1) is 16.7 Å². The number of carbonyl (C=O) groups excluding carboxylic acids is 1. The Morgan fingerprint density at radius 1 is 1.41 bits per heavy atom. The van der Waals surface area contributed by atoms with Gasteiger partial charge in [0, 0.05) is 0 Å². The van der Waals surface area contributed by atoms with Gasteiger partial charge in [0.1, 0.15) is 6.29 Å². The van der Waals surface area contributed by atoms with Crippen LogP contribution in [0.2, 0.25) is 0 Å². The van der Waals surface area contributed by atoms with Crippen molar-refractivity contribution < 1.29 is 4.79 Å². The quantitative estimate of drug-likeness (QED) is 0.526. The van der Waals surface area contributed by atoms with E-state index in [1.807, 2.05) is 13.8 Å². The number of aldehydes is 1. The van der Waals surface area contributed by atoms with E-state index in [0.29, 0.717) is 0 Å². The third kappa shape index (κ3) is 4.87. The van der Waals surface area contributed by atoms with E-state index in [9.17, 15) is 4.79 Å². The van der Waals surface area contributed by atoms with Gasteiger partial charge in [-0.1, -0.05) is 12.8 Å². The second kappa shape index (κ2) is 6.76. The maximum absolute atomic E-state index is 10.9. The summed E-state index contributed by atoms with van der Waals surface area (Å²) in [6.07, 6.45) is 7.63. The Bertz CT molecular complexity index is 280. The van der Waals surface area contributed by atoms with Crippen LogP contribution < -0.4 is 0 Å². The van der Waals surface area contributed by atoms with Crippen LogP contribution >= 0.6 is 0 Å². The number of piperidine rings is 1. The summed E-state index contributed by atoms with van der Waals surface area (Å²) in [7, 11) is 0. The first kappa shape index (κ1) is 14.2. The normalized spacial score (nSPS) is 22.1. The maximum atomic E-state index is 10.9. The Morgan fingerprint density at radius 3 is 2.82 bits per heavy atom. The molecule has 1 aliphatic heterocycles. The van der Waals surface area contributed by atoms with Crippen LogP contribution in [0.5, 0.6) is 0 Å². The molecule has 1 aliphatic rings. The van der Waals surface area contributed by atoms with Gasteiger partial charge in [-0.3, -0.25) is 4.90 Å². The fourth-order valence-electron chi connectivity index (χ4n) is 2.39. The van der Waals surface area contributed by atoms with Crippen molar-refractivity contribution in [3.05, 3.63) is 0 Å². The van der Waals surface area contributed by atoms with Crippen molar-refractivity contribution >= 4 is 6.29 Å². The van der Waals surface area contributed by atoms with Crippen molar-refractivity contribution in [1.82, 2.24) is 4.90 Å². The molecule has 0 aliphatic carbocycles. The Labute approximate surface area is 105 Å². The number of rotatable bonds is 6. The van der Waals surface area contributed by atoms with E-state index in [2.05, 4.69) is 11.0 Å². The van der Waals surface area contributed by atoms with Crippen LogP contribution in [0.4, 0.5) is 0 Å². The number of nitriles is 1. The molecule has 17 heavy (non-hydrogen) atoms. The van der Waals surface area contributed by atoms with E-state index in [4.69, 9.17) is 5.26 Å². The third-order valence-electron chi connectivity index (χ3n) is 3.62. The highest BCUT2D eigenvalue weighted by Crippen LogP contribution is 2.22. The minimum Gasteiger partial charge on any atom is -0.302 e. The molecule has 1 atom stereocenters. The fraction of sp³-hybridized carbons (Fsp3) is 0.857. The van der Waals surface area contributed by atoms with Gasteiger partial charge in [0.05, 0.1) is 17.5 Å². The van der Waals surface area contributed by atoms with Crippen LogP contribution in [-0.2, 0) is 4.79 Å². The van der Waals surface area contributed by atoms with Crippen molar-refractivity contribution in [2.45, 2.75) is 58.4 Å². The zero-order valence-electron chi connectivity index (χ0n) is 11.1. The topological polar surface area (TPSA) is 44.1 Å². The smallest absolute Gasteiger partial charge is 0.137 e. The lowest BCUT2D eigenvalue weighted by atomic mass is 9.89. The Hall–Kier alpha value is -0.880. The van der Waals surface area contributed by atoms with Crippen molar-refractivity contribution in [3.8, 4) is 6.07 Å². The van der Waals surface area contributed by atoms with Gasteiger partial charge in [-0.05, 0) is 52.6 Å². The number of hydrogen-bond acceptors (Lipinski definition) is 3. The van der Waals surface area contributed by atoms with Gasteiger partial charge in [0.25, 0.3) is 0 Å². The van der Waals surface area contributed by atoms with E-state index >= 15 is 0 Å². The molecule has 3 nitrogen and oxygen atoms in total. The number of nitrogens with zero attached hydrogens (tertiary/aromatic N) is 2. The van der Waals surface area contributed by atoms with Gasteiger partial charge >= 0.3 is 0 Å². The molecule has 1 heterocycles. The molecule has 0 aromatic carbocycles. The summed E-state index contributed by atoms with van der Waals surface area (Å²) >= 11 is 0. The van der Waals surface area contributed by atoms with E-state index in [1.165, 1.54) is 12.8 Å². The number of unbranched alkanes of at least 4 members (excludes halogenated alkanes) is 1. The predicted octanol–water partition coefficient (Wildman–Crippen LogP) is 2.76. The van der Waals surface area contributed by atoms with Gasteiger partial charge in [-0.2, -0.15) is 5.26 Å². The summed E-state index contributed by atoms with van der Waals surface area (Å²) in [5.41, 5.74) is -0.202. The molecule has 1 fully saturated rings. The molecule has 3 heteroatoms. The first-order valence-electron chi connectivity index (χ1n) is 6.70. The maximum Gasteiger partial charge on any atom is 0.137 e. The van der Waals surface area contributed by atoms with Gasteiger partial charge in [-0.25, -0.2) is 0 Å². The molecule has 1 saturated heterocycles.